The van der Waals surface area contributed by atoms with Gasteiger partial charge >= 0.3 is 0 Å². The predicted molar refractivity (Wildman–Crippen MR) is 70.2 cm³/mol. The fourth-order valence-electron chi connectivity index (χ4n) is 2.28. The number of oxime groups is 1. The molecule has 4 N–H and O–H groups in total. The van der Waals surface area contributed by atoms with Gasteiger partial charge in [0, 0.05) is 11.3 Å². The standard InChI is InChI=1S/C11H23N3OS/c1-3-10(11(12)14-15)13-8-5-4-6-9(7-8)16-2/h8-10,13,15H,3-7H2,1-2H3,(H2,12,14). The maximum absolute atomic E-state index is 8.68. The summed E-state index contributed by atoms with van der Waals surface area (Å²) in [6.07, 6.45) is 8.02. The summed E-state index contributed by atoms with van der Waals surface area (Å²) in [6.45, 7) is 2.05. The van der Waals surface area contributed by atoms with Crippen LogP contribution in [-0.2, 0) is 0 Å². The van der Waals surface area contributed by atoms with Crippen LogP contribution in [0.5, 0.6) is 0 Å². The first-order valence-corrected chi connectivity index (χ1v) is 7.26. The average Bonchev–Trinajstić information content (AvgIpc) is 2.35. The van der Waals surface area contributed by atoms with Gasteiger partial charge in [-0.2, -0.15) is 11.8 Å². The normalized spacial score (nSPS) is 29.0. The van der Waals surface area contributed by atoms with Crippen LogP contribution in [0.15, 0.2) is 5.16 Å². The van der Waals surface area contributed by atoms with Crippen LogP contribution in [0.4, 0.5) is 0 Å². The van der Waals surface area contributed by atoms with Gasteiger partial charge in [-0.05, 0) is 31.9 Å². The molecule has 5 heteroatoms. The van der Waals surface area contributed by atoms with E-state index < -0.39 is 0 Å². The van der Waals surface area contributed by atoms with Gasteiger partial charge in [-0.25, -0.2) is 0 Å². The van der Waals surface area contributed by atoms with E-state index in [1.165, 1.54) is 25.7 Å². The number of nitrogens with zero attached hydrogens (tertiary/aromatic N) is 1. The Morgan fingerprint density at radius 2 is 2.38 bits per heavy atom. The largest absolute Gasteiger partial charge is 0.409 e. The molecule has 0 aromatic carbocycles. The van der Waals surface area contributed by atoms with Crippen LogP contribution in [0.25, 0.3) is 0 Å². The van der Waals surface area contributed by atoms with E-state index in [1.807, 2.05) is 18.7 Å². The molecule has 1 saturated carbocycles. The van der Waals surface area contributed by atoms with Gasteiger partial charge in [-0.15, -0.1) is 0 Å². The molecular weight excluding hydrogens is 222 g/mol. The third-order valence-corrected chi connectivity index (χ3v) is 4.37. The van der Waals surface area contributed by atoms with Gasteiger partial charge in [0.1, 0.15) is 0 Å². The van der Waals surface area contributed by atoms with Crippen molar-refractivity contribution in [2.75, 3.05) is 6.26 Å². The Labute approximate surface area is 102 Å². The van der Waals surface area contributed by atoms with Crippen LogP contribution in [0, 0.1) is 0 Å². The lowest BCUT2D eigenvalue weighted by Crippen LogP contribution is -2.48. The Hall–Kier alpha value is -0.420. The summed E-state index contributed by atoms with van der Waals surface area (Å²) >= 11 is 1.95. The minimum atomic E-state index is 0.00982. The van der Waals surface area contributed by atoms with Crippen LogP contribution < -0.4 is 11.1 Å². The van der Waals surface area contributed by atoms with Gasteiger partial charge in [0.2, 0.25) is 0 Å². The summed E-state index contributed by atoms with van der Waals surface area (Å²) in [5.41, 5.74) is 5.64. The van der Waals surface area contributed by atoms with Crippen molar-refractivity contribution in [1.29, 1.82) is 0 Å². The Bertz CT molecular complexity index is 235. The van der Waals surface area contributed by atoms with Crippen molar-refractivity contribution in [3.05, 3.63) is 0 Å². The quantitative estimate of drug-likeness (QED) is 0.299. The molecule has 1 rings (SSSR count). The van der Waals surface area contributed by atoms with Crippen LogP contribution in [0.3, 0.4) is 0 Å². The van der Waals surface area contributed by atoms with Crippen molar-refractivity contribution in [3.63, 3.8) is 0 Å². The number of nitrogens with one attached hydrogen (secondary N) is 1. The number of thioether (sulfide) groups is 1. The SMILES string of the molecule is CCC(NC1CCCC(SC)C1)C(N)=NO. The highest BCUT2D eigenvalue weighted by molar-refractivity contribution is 7.99. The average molecular weight is 245 g/mol. The maximum Gasteiger partial charge on any atom is 0.156 e. The van der Waals surface area contributed by atoms with Crippen molar-refractivity contribution in [3.8, 4) is 0 Å². The van der Waals surface area contributed by atoms with E-state index >= 15 is 0 Å². The van der Waals surface area contributed by atoms with E-state index in [-0.39, 0.29) is 6.04 Å². The second-order valence-corrected chi connectivity index (χ2v) is 5.51. The first kappa shape index (κ1) is 13.6. The molecule has 0 aromatic rings. The van der Waals surface area contributed by atoms with Gasteiger partial charge in [0.15, 0.2) is 5.84 Å². The predicted octanol–water partition coefficient (Wildman–Crippen LogP) is 1.78. The van der Waals surface area contributed by atoms with E-state index in [1.54, 1.807) is 0 Å². The molecule has 0 spiro atoms. The first-order chi connectivity index (χ1) is 7.71. The lowest BCUT2D eigenvalue weighted by atomic mass is 9.94. The minimum Gasteiger partial charge on any atom is -0.409 e. The Morgan fingerprint density at radius 1 is 1.62 bits per heavy atom. The molecule has 0 saturated heterocycles. The second-order valence-electron chi connectivity index (χ2n) is 4.37. The molecular formula is C11H23N3OS. The van der Waals surface area contributed by atoms with Crippen LogP contribution in [0.1, 0.15) is 39.0 Å². The summed E-state index contributed by atoms with van der Waals surface area (Å²) < 4.78 is 0. The van der Waals surface area contributed by atoms with E-state index in [0.717, 1.165) is 11.7 Å². The third-order valence-electron chi connectivity index (χ3n) is 3.28. The van der Waals surface area contributed by atoms with E-state index in [9.17, 15) is 0 Å². The Balaban J connectivity index is 2.45. The topological polar surface area (TPSA) is 70.6 Å². The summed E-state index contributed by atoms with van der Waals surface area (Å²) in [7, 11) is 0. The second kappa shape index (κ2) is 7.01. The van der Waals surface area contributed by atoms with Gasteiger partial charge < -0.3 is 16.3 Å². The number of amidine groups is 1. The van der Waals surface area contributed by atoms with Crippen LogP contribution >= 0.6 is 11.8 Å². The van der Waals surface area contributed by atoms with Gasteiger partial charge in [-0.3, -0.25) is 0 Å². The van der Waals surface area contributed by atoms with Crippen molar-refractivity contribution >= 4 is 17.6 Å². The molecule has 0 bridgehead atoms. The summed E-state index contributed by atoms with van der Waals surface area (Å²) in [6, 6.07) is 0.520. The fraction of sp³-hybridized carbons (Fsp3) is 0.909. The monoisotopic (exact) mass is 245 g/mol. The Kier molecular flexibility index (Phi) is 5.98. The number of hydrogen-bond donors (Lipinski definition) is 3. The molecule has 16 heavy (non-hydrogen) atoms. The molecule has 3 atom stereocenters. The summed E-state index contributed by atoms with van der Waals surface area (Å²) in [5.74, 6) is 0.300. The first-order valence-electron chi connectivity index (χ1n) is 5.97. The summed E-state index contributed by atoms with van der Waals surface area (Å²) in [5, 5.41) is 16.0. The molecule has 0 heterocycles. The molecule has 0 amide bonds. The van der Waals surface area contributed by atoms with Crippen LogP contribution in [-0.4, -0.2) is 34.6 Å². The lowest BCUT2D eigenvalue weighted by Gasteiger charge is -2.31. The lowest BCUT2D eigenvalue weighted by molar-refractivity contribution is 0.309. The molecule has 0 aliphatic heterocycles. The molecule has 1 fully saturated rings. The van der Waals surface area contributed by atoms with Gasteiger partial charge in [0.25, 0.3) is 0 Å². The highest BCUT2D eigenvalue weighted by Crippen LogP contribution is 2.27. The van der Waals surface area contributed by atoms with Crippen molar-refractivity contribution in [2.45, 2.75) is 56.4 Å². The molecule has 3 unspecified atom stereocenters. The molecule has 94 valence electrons. The molecule has 0 radical (unpaired) electrons. The van der Waals surface area contributed by atoms with E-state index in [0.29, 0.717) is 11.9 Å². The Morgan fingerprint density at radius 3 is 2.94 bits per heavy atom. The van der Waals surface area contributed by atoms with Gasteiger partial charge in [-0.1, -0.05) is 18.5 Å². The fourth-order valence-corrected chi connectivity index (χ4v) is 3.10. The minimum absolute atomic E-state index is 0.00982. The number of hydrogen-bond acceptors (Lipinski definition) is 4. The summed E-state index contributed by atoms with van der Waals surface area (Å²) in [4.78, 5) is 0. The number of rotatable bonds is 5. The van der Waals surface area contributed by atoms with Crippen LogP contribution in [0.2, 0.25) is 0 Å². The zero-order valence-electron chi connectivity index (χ0n) is 10.1. The zero-order chi connectivity index (χ0) is 12.0. The zero-order valence-corrected chi connectivity index (χ0v) is 11.0. The molecule has 0 aromatic heterocycles. The van der Waals surface area contributed by atoms with E-state index in [4.69, 9.17) is 10.9 Å². The smallest absolute Gasteiger partial charge is 0.156 e. The van der Waals surface area contributed by atoms with Crippen molar-refractivity contribution < 1.29 is 5.21 Å². The molecule has 1 aliphatic carbocycles. The van der Waals surface area contributed by atoms with E-state index in [2.05, 4.69) is 16.7 Å². The van der Waals surface area contributed by atoms with Gasteiger partial charge in [0.05, 0.1) is 6.04 Å². The third kappa shape index (κ3) is 3.87. The highest BCUT2D eigenvalue weighted by Gasteiger charge is 2.24. The maximum atomic E-state index is 8.68. The molecule has 1 aliphatic rings. The molecule has 4 nitrogen and oxygen atoms in total. The van der Waals surface area contributed by atoms with Crippen molar-refractivity contribution in [1.82, 2.24) is 5.32 Å². The highest BCUT2D eigenvalue weighted by atomic mass is 32.2. The number of nitrogens with two attached hydrogens (primary N) is 1. The van der Waals surface area contributed by atoms with Crippen molar-refractivity contribution in [2.24, 2.45) is 10.9 Å².